The number of rotatable bonds is 3. The molecule has 0 saturated carbocycles. The summed E-state index contributed by atoms with van der Waals surface area (Å²) in [5.41, 5.74) is 1.42. The van der Waals surface area contributed by atoms with Crippen molar-refractivity contribution in [3.8, 4) is 5.75 Å². The predicted molar refractivity (Wildman–Crippen MR) is 69.9 cm³/mol. The normalized spacial score (nSPS) is 14.8. The number of H-pyrrole nitrogens is 1. The molecule has 3 rings (SSSR count). The van der Waals surface area contributed by atoms with Gasteiger partial charge in [-0.2, -0.15) is 5.10 Å². The van der Waals surface area contributed by atoms with Crippen molar-refractivity contribution in [3.63, 3.8) is 0 Å². The van der Waals surface area contributed by atoms with Gasteiger partial charge in [0.25, 0.3) is 5.91 Å². The molecule has 6 nitrogen and oxygen atoms in total. The quantitative estimate of drug-likeness (QED) is 0.872. The van der Waals surface area contributed by atoms with Crippen LogP contribution in [0.3, 0.4) is 0 Å². The largest absolute Gasteiger partial charge is 0.508 e. The Balaban J connectivity index is 1.81. The number of anilines is 1. The van der Waals surface area contributed by atoms with Gasteiger partial charge in [0.1, 0.15) is 11.6 Å². The Hall–Kier alpha value is -2.63. The van der Waals surface area contributed by atoms with Gasteiger partial charge in [-0.05, 0) is 24.3 Å². The zero-order valence-corrected chi connectivity index (χ0v) is 10.1. The van der Waals surface area contributed by atoms with Crippen LogP contribution >= 0.6 is 0 Å². The Labute approximate surface area is 109 Å². The van der Waals surface area contributed by atoms with E-state index in [-0.39, 0.29) is 11.7 Å². The number of nitrogens with zero attached hydrogens (tertiary/aromatic N) is 3. The number of hydrogen-bond donors (Lipinski definition) is 2. The Kier molecular flexibility index (Phi) is 2.75. The first-order valence-electron chi connectivity index (χ1n) is 5.89. The molecule has 0 fully saturated rings. The predicted octanol–water partition coefficient (Wildman–Crippen LogP) is 1.45. The van der Waals surface area contributed by atoms with Crippen molar-refractivity contribution >= 4 is 17.3 Å². The van der Waals surface area contributed by atoms with Crippen molar-refractivity contribution < 1.29 is 9.90 Å². The lowest BCUT2D eigenvalue weighted by molar-refractivity contribution is -0.116. The second-order valence-electron chi connectivity index (χ2n) is 4.28. The first kappa shape index (κ1) is 11.5. The van der Waals surface area contributed by atoms with Crippen LogP contribution in [0.1, 0.15) is 12.2 Å². The summed E-state index contributed by atoms with van der Waals surface area (Å²) < 4.78 is 0. The topological polar surface area (TPSA) is 81.6 Å². The molecule has 0 radical (unpaired) electrons. The molecule has 19 heavy (non-hydrogen) atoms. The Morgan fingerprint density at radius 2 is 2.11 bits per heavy atom. The van der Waals surface area contributed by atoms with Gasteiger partial charge < -0.3 is 10.1 Å². The minimum absolute atomic E-state index is 0.0766. The first-order chi connectivity index (χ1) is 9.22. The van der Waals surface area contributed by atoms with Gasteiger partial charge in [0.15, 0.2) is 0 Å². The number of phenolic OH excluding ortho intramolecular Hbond substituents is 1. The number of phenols is 1. The summed E-state index contributed by atoms with van der Waals surface area (Å²) in [6, 6.07) is 6.38. The Morgan fingerprint density at radius 1 is 1.32 bits per heavy atom. The fraction of sp³-hybridized carbons (Fsp3) is 0.154. The van der Waals surface area contributed by atoms with Crippen LogP contribution in [0, 0.1) is 0 Å². The van der Waals surface area contributed by atoms with Crippen molar-refractivity contribution in [1.82, 2.24) is 9.97 Å². The molecule has 96 valence electrons. The van der Waals surface area contributed by atoms with Gasteiger partial charge in [-0.25, -0.2) is 9.99 Å². The number of nitrogens with one attached hydrogen (secondary N) is 1. The lowest BCUT2D eigenvalue weighted by Gasteiger charge is -2.11. The lowest BCUT2D eigenvalue weighted by Crippen LogP contribution is -2.19. The maximum atomic E-state index is 11.9. The number of aromatic hydroxyl groups is 1. The molecule has 0 bridgehead atoms. The van der Waals surface area contributed by atoms with E-state index >= 15 is 0 Å². The third-order valence-corrected chi connectivity index (χ3v) is 2.85. The van der Waals surface area contributed by atoms with Gasteiger partial charge >= 0.3 is 0 Å². The summed E-state index contributed by atoms with van der Waals surface area (Å²) >= 11 is 0. The van der Waals surface area contributed by atoms with Gasteiger partial charge in [0.2, 0.25) is 0 Å². The molecule has 0 aliphatic carbocycles. The molecule has 0 spiro atoms. The summed E-state index contributed by atoms with van der Waals surface area (Å²) in [6.45, 7) is 0. The molecule has 1 aromatic heterocycles. The summed E-state index contributed by atoms with van der Waals surface area (Å²) in [6.07, 6.45) is 4.24. The van der Waals surface area contributed by atoms with Gasteiger partial charge in [0.05, 0.1) is 17.8 Å². The number of hydrogen-bond acceptors (Lipinski definition) is 4. The molecule has 6 heteroatoms. The fourth-order valence-electron chi connectivity index (χ4n) is 1.96. The van der Waals surface area contributed by atoms with Gasteiger partial charge in [-0.15, -0.1) is 0 Å². The van der Waals surface area contributed by atoms with Crippen LogP contribution in [-0.4, -0.2) is 26.7 Å². The number of aromatic amines is 1. The number of imidazole rings is 1. The lowest BCUT2D eigenvalue weighted by atomic mass is 10.2. The molecule has 1 aromatic carbocycles. The number of aromatic nitrogens is 2. The van der Waals surface area contributed by atoms with E-state index in [1.165, 1.54) is 17.1 Å². The van der Waals surface area contributed by atoms with E-state index in [2.05, 4.69) is 15.1 Å². The van der Waals surface area contributed by atoms with Crippen molar-refractivity contribution in [1.29, 1.82) is 0 Å². The molecular formula is C13H12N4O2. The number of carbonyl (C=O) groups excluding carboxylic acids is 1. The minimum Gasteiger partial charge on any atom is -0.508 e. The van der Waals surface area contributed by atoms with Crippen LogP contribution in [0.2, 0.25) is 0 Å². The second kappa shape index (κ2) is 4.56. The van der Waals surface area contributed by atoms with Crippen molar-refractivity contribution in [2.75, 3.05) is 5.01 Å². The third kappa shape index (κ3) is 2.33. The van der Waals surface area contributed by atoms with E-state index in [0.717, 1.165) is 11.5 Å². The van der Waals surface area contributed by atoms with Crippen molar-refractivity contribution in [3.05, 3.63) is 42.5 Å². The van der Waals surface area contributed by atoms with Crippen LogP contribution in [-0.2, 0) is 11.2 Å². The highest BCUT2D eigenvalue weighted by Gasteiger charge is 2.25. The SMILES string of the molecule is O=C1CC(Cc2ncc[nH]2)=NN1c1ccc(O)cc1. The average molecular weight is 256 g/mol. The molecule has 1 amide bonds. The Bertz CT molecular complexity index is 617. The summed E-state index contributed by atoms with van der Waals surface area (Å²) in [7, 11) is 0. The molecule has 1 aliphatic rings. The summed E-state index contributed by atoms with van der Waals surface area (Å²) in [5.74, 6) is 0.876. The van der Waals surface area contributed by atoms with E-state index in [4.69, 9.17) is 0 Å². The molecule has 0 saturated heterocycles. The highest BCUT2D eigenvalue weighted by Crippen LogP contribution is 2.23. The zero-order valence-electron chi connectivity index (χ0n) is 10.1. The van der Waals surface area contributed by atoms with Crippen LogP contribution in [0.15, 0.2) is 41.8 Å². The van der Waals surface area contributed by atoms with Crippen LogP contribution in [0.4, 0.5) is 5.69 Å². The molecule has 0 unspecified atom stereocenters. The Morgan fingerprint density at radius 3 is 2.79 bits per heavy atom. The van der Waals surface area contributed by atoms with Gasteiger partial charge in [-0.3, -0.25) is 4.79 Å². The maximum Gasteiger partial charge on any atom is 0.253 e. The van der Waals surface area contributed by atoms with Gasteiger partial charge in [0, 0.05) is 18.8 Å². The first-order valence-corrected chi connectivity index (χ1v) is 5.89. The average Bonchev–Trinajstić information content (AvgIpc) is 3.01. The zero-order chi connectivity index (χ0) is 13.2. The summed E-state index contributed by atoms with van der Waals surface area (Å²) in [4.78, 5) is 19.0. The maximum absolute atomic E-state index is 11.9. The molecule has 2 N–H and O–H groups in total. The van der Waals surface area contributed by atoms with E-state index in [9.17, 15) is 9.90 Å². The fourth-order valence-corrected chi connectivity index (χ4v) is 1.96. The van der Waals surface area contributed by atoms with Crippen LogP contribution < -0.4 is 5.01 Å². The van der Waals surface area contributed by atoms with Crippen LogP contribution in [0.5, 0.6) is 5.75 Å². The second-order valence-corrected chi connectivity index (χ2v) is 4.28. The molecular weight excluding hydrogens is 244 g/mol. The van der Waals surface area contributed by atoms with E-state index in [0.29, 0.717) is 18.5 Å². The minimum atomic E-state index is -0.0766. The summed E-state index contributed by atoms with van der Waals surface area (Å²) in [5, 5.41) is 14.9. The molecule has 1 aliphatic heterocycles. The highest BCUT2D eigenvalue weighted by atomic mass is 16.3. The standard InChI is InChI=1S/C13H12N4O2/c18-11-3-1-10(2-4-11)17-13(19)8-9(16-17)7-12-14-5-6-15-12/h1-6,18H,7-8H2,(H,14,15). The van der Waals surface area contributed by atoms with Gasteiger partial charge in [-0.1, -0.05) is 0 Å². The van der Waals surface area contributed by atoms with Crippen molar-refractivity contribution in [2.45, 2.75) is 12.8 Å². The number of carbonyl (C=O) groups is 1. The van der Waals surface area contributed by atoms with E-state index in [1.807, 2.05) is 0 Å². The molecule has 2 aromatic rings. The number of benzene rings is 1. The number of amides is 1. The molecule has 2 heterocycles. The number of hydrazone groups is 1. The third-order valence-electron chi connectivity index (χ3n) is 2.85. The van der Waals surface area contributed by atoms with Crippen molar-refractivity contribution in [2.24, 2.45) is 5.10 Å². The monoisotopic (exact) mass is 256 g/mol. The van der Waals surface area contributed by atoms with E-state index in [1.54, 1.807) is 24.5 Å². The smallest absolute Gasteiger partial charge is 0.253 e. The van der Waals surface area contributed by atoms with E-state index < -0.39 is 0 Å². The van der Waals surface area contributed by atoms with Crippen LogP contribution in [0.25, 0.3) is 0 Å². The molecule has 0 atom stereocenters. The highest BCUT2D eigenvalue weighted by molar-refractivity contribution is 6.13.